The highest BCUT2D eigenvalue weighted by atomic mass is 15.1. The van der Waals surface area contributed by atoms with E-state index in [1.165, 1.54) is 0 Å². The predicted octanol–water partition coefficient (Wildman–Crippen LogP) is 0.305. The fraction of sp³-hybridized carbons (Fsp3) is 0.500. The lowest BCUT2D eigenvalue weighted by Crippen LogP contribution is -2.18. The van der Waals surface area contributed by atoms with Crippen molar-refractivity contribution in [2.45, 2.75) is 6.42 Å². The number of amidine groups is 1. The lowest BCUT2D eigenvalue weighted by Gasteiger charge is -2.07. The van der Waals surface area contributed by atoms with Gasteiger partial charge in [-0.05, 0) is 6.42 Å². The summed E-state index contributed by atoms with van der Waals surface area (Å²) in [5.74, 6) is 0.714. The summed E-state index contributed by atoms with van der Waals surface area (Å²) in [4.78, 5) is 6.10. The molecule has 1 rings (SSSR count). The second-order valence-corrected chi connectivity index (χ2v) is 2.84. The van der Waals surface area contributed by atoms with Crippen molar-refractivity contribution in [2.24, 2.45) is 4.99 Å². The molecular formula is C8H12N4. The van der Waals surface area contributed by atoms with Crippen LogP contribution < -0.4 is 5.32 Å². The van der Waals surface area contributed by atoms with Crippen LogP contribution in [0.3, 0.4) is 0 Å². The van der Waals surface area contributed by atoms with Gasteiger partial charge in [0.05, 0.1) is 0 Å². The molecule has 0 radical (unpaired) electrons. The van der Waals surface area contributed by atoms with Crippen LogP contribution in [0.25, 0.3) is 0 Å². The van der Waals surface area contributed by atoms with Crippen LogP contribution in [0.2, 0.25) is 0 Å². The van der Waals surface area contributed by atoms with E-state index >= 15 is 0 Å². The summed E-state index contributed by atoms with van der Waals surface area (Å²) >= 11 is 0. The molecule has 0 aromatic carbocycles. The maximum Gasteiger partial charge on any atom is 0.182 e. The quantitative estimate of drug-likeness (QED) is 0.448. The molecule has 0 aliphatic carbocycles. The number of rotatable bonds is 1. The molecule has 0 aromatic heterocycles. The van der Waals surface area contributed by atoms with E-state index < -0.39 is 0 Å². The Morgan fingerprint density at radius 2 is 2.42 bits per heavy atom. The zero-order chi connectivity index (χ0) is 8.97. The van der Waals surface area contributed by atoms with E-state index in [2.05, 4.69) is 10.3 Å². The molecule has 0 unspecified atom stereocenters. The maximum absolute atomic E-state index is 8.40. The molecule has 1 aliphatic rings. The van der Waals surface area contributed by atoms with Crippen molar-refractivity contribution < 1.29 is 0 Å². The van der Waals surface area contributed by atoms with E-state index in [0.717, 1.165) is 18.5 Å². The van der Waals surface area contributed by atoms with Crippen molar-refractivity contribution in [1.82, 2.24) is 10.2 Å². The molecule has 0 amide bonds. The molecule has 1 heterocycles. The number of hydrogen-bond donors (Lipinski definition) is 1. The molecule has 4 heteroatoms. The minimum atomic E-state index is 0.714. The third-order valence-corrected chi connectivity index (χ3v) is 1.54. The summed E-state index contributed by atoms with van der Waals surface area (Å²) in [6.45, 7) is 0.781. The highest BCUT2D eigenvalue weighted by Crippen LogP contribution is 2.10. The van der Waals surface area contributed by atoms with Crippen LogP contribution >= 0.6 is 0 Å². The van der Waals surface area contributed by atoms with Gasteiger partial charge in [-0.3, -0.25) is 10.3 Å². The number of nitrogens with one attached hydrogen (secondary N) is 1. The highest BCUT2D eigenvalue weighted by Gasteiger charge is 2.12. The van der Waals surface area contributed by atoms with E-state index in [1.807, 2.05) is 31.4 Å². The normalized spacial score (nSPS) is 18.8. The average molecular weight is 164 g/mol. The Morgan fingerprint density at radius 1 is 1.67 bits per heavy atom. The van der Waals surface area contributed by atoms with Gasteiger partial charge in [0.25, 0.3) is 0 Å². The molecular weight excluding hydrogens is 152 g/mol. The summed E-state index contributed by atoms with van der Waals surface area (Å²) in [5.41, 5.74) is 1.10. The Bertz CT molecular complexity index is 257. The zero-order valence-corrected chi connectivity index (χ0v) is 7.33. The average Bonchev–Trinajstić information content (AvgIpc) is 2.37. The van der Waals surface area contributed by atoms with Gasteiger partial charge in [-0.1, -0.05) is 0 Å². The van der Waals surface area contributed by atoms with Crippen molar-refractivity contribution >= 4 is 5.84 Å². The predicted molar refractivity (Wildman–Crippen MR) is 47.4 cm³/mol. The molecule has 1 aliphatic heterocycles. The van der Waals surface area contributed by atoms with Crippen molar-refractivity contribution in [1.29, 1.82) is 5.26 Å². The molecule has 0 fully saturated rings. The van der Waals surface area contributed by atoms with Crippen molar-refractivity contribution in [3.05, 3.63) is 11.8 Å². The molecule has 1 N–H and O–H groups in total. The largest absolute Gasteiger partial charge is 0.383 e. The van der Waals surface area contributed by atoms with Crippen LogP contribution in [0.5, 0.6) is 0 Å². The topological polar surface area (TPSA) is 51.4 Å². The second kappa shape index (κ2) is 3.77. The molecule has 0 spiro atoms. The minimum Gasteiger partial charge on any atom is -0.383 e. The van der Waals surface area contributed by atoms with Gasteiger partial charge in [0, 0.05) is 32.4 Å². The second-order valence-electron chi connectivity index (χ2n) is 2.84. The first kappa shape index (κ1) is 8.60. The number of nitrogens with zero attached hydrogens (tertiary/aromatic N) is 3. The molecule has 12 heavy (non-hydrogen) atoms. The summed E-state index contributed by atoms with van der Waals surface area (Å²) < 4.78 is 0. The lowest BCUT2D eigenvalue weighted by atomic mass is 10.2. The van der Waals surface area contributed by atoms with Crippen molar-refractivity contribution in [3.8, 4) is 6.19 Å². The van der Waals surface area contributed by atoms with Gasteiger partial charge < -0.3 is 4.90 Å². The van der Waals surface area contributed by atoms with E-state index in [-0.39, 0.29) is 0 Å². The van der Waals surface area contributed by atoms with Crippen LogP contribution in [0.4, 0.5) is 0 Å². The van der Waals surface area contributed by atoms with Crippen LogP contribution in [0, 0.1) is 11.5 Å². The molecule has 0 aromatic rings. The first-order valence-electron chi connectivity index (χ1n) is 3.81. The Morgan fingerprint density at radius 3 is 3.00 bits per heavy atom. The third-order valence-electron chi connectivity index (χ3n) is 1.54. The van der Waals surface area contributed by atoms with Gasteiger partial charge in [0.2, 0.25) is 0 Å². The number of hydrogen-bond acceptors (Lipinski definition) is 4. The number of aliphatic imine (C=N–C) groups is 1. The van der Waals surface area contributed by atoms with Crippen molar-refractivity contribution in [3.63, 3.8) is 0 Å². The van der Waals surface area contributed by atoms with E-state index in [9.17, 15) is 0 Å². The van der Waals surface area contributed by atoms with Gasteiger partial charge >= 0.3 is 0 Å². The molecule has 0 atom stereocenters. The van der Waals surface area contributed by atoms with Crippen LogP contribution in [-0.2, 0) is 0 Å². The van der Waals surface area contributed by atoms with E-state index in [1.54, 1.807) is 0 Å². The van der Waals surface area contributed by atoms with Gasteiger partial charge in [-0.2, -0.15) is 5.26 Å². The maximum atomic E-state index is 8.40. The van der Waals surface area contributed by atoms with E-state index in [4.69, 9.17) is 5.26 Å². The number of nitriles is 1. The Kier molecular flexibility index (Phi) is 2.70. The third kappa shape index (κ3) is 1.99. The van der Waals surface area contributed by atoms with Gasteiger partial charge in [0.15, 0.2) is 6.19 Å². The molecule has 0 bridgehead atoms. The van der Waals surface area contributed by atoms with Gasteiger partial charge in [-0.15, -0.1) is 0 Å². The smallest absolute Gasteiger partial charge is 0.182 e. The summed E-state index contributed by atoms with van der Waals surface area (Å²) in [7, 11) is 3.91. The zero-order valence-electron chi connectivity index (χ0n) is 7.33. The molecule has 64 valence electrons. The first-order chi connectivity index (χ1) is 5.74. The highest BCUT2D eigenvalue weighted by molar-refractivity contribution is 6.00. The molecule has 0 saturated carbocycles. The summed E-state index contributed by atoms with van der Waals surface area (Å²) in [6.07, 6.45) is 4.77. The minimum absolute atomic E-state index is 0.714. The van der Waals surface area contributed by atoms with Crippen molar-refractivity contribution in [2.75, 3.05) is 20.6 Å². The van der Waals surface area contributed by atoms with Crippen LogP contribution in [0.15, 0.2) is 16.8 Å². The fourth-order valence-corrected chi connectivity index (χ4v) is 1.12. The fourth-order valence-electron chi connectivity index (χ4n) is 1.12. The molecule has 0 saturated heterocycles. The Hall–Kier alpha value is -1.50. The monoisotopic (exact) mass is 164 g/mol. The van der Waals surface area contributed by atoms with Crippen LogP contribution in [-0.4, -0.2) is 31.4 Å². The lowest BCUT2D eigenvalue weighted by molar-refractivity contribution is 0.559. The van der Waals surface area contributed by atoms with E-state index in [0.29, 0.717) is 5.84 Å². The summed E-state index contributed by atoms with van der Waals surface area (Å²) in [5, 5.41) is 11.0. The SMILES string of the molecule is CN(C)/C=C1/CCN=C1NC#N. The van der Waals surface area contributed by atoms with Gasteiger partial charge in [0.1, 0.15) is 5.84 Å². The molecule has 4 nitrogen and oxygen atoms in total. The first-order valence-corrected chi connectivity index (χ1v) is 3.81. The standard InChI is InChI=1S/C8H12N4/c1-12(2)5-7-3-4-10-8(7)11-6-9/h5H,3-4H2,1-2H3,(H,10,11)/b7-5-. The van der Waals surface area contributed by atoms with Gasteiger partial charge in [-0.25, -0.2) is 0 Å². The Balaban J connectivity index is 2.69. The Labute approximate surface area is 72.2 Å². The summed E-state index contributed by atoms with van der Waals surface area (Å²) in [6, 6.07) is 0. The van der Waals surface area contributed by atoms with Crippen LogP contribution in [0.1, 0.15) is 6.42 Å².